The van der Waals surface area contributed by atoms with Crippen LogP contribution in [-0.4, -0.2) is 5.11 Å². The van der Waals surface area contributed by atoms with E-state index in [-0.39, 0.29) is 5.95 Å². The summed E-state index contributed by atoms with van der Waals surface area (Å²) in [6, 6.07) is 0. The molecule has 3 heterocycles. The van der Waals surface area contributed by atoms with Gasteiger partial charge in [0.15, 0.2) is 0 Å². The number of phosphoric ester groups is 1. The third-order valence-electron chi connectivity index (χ3n) is 0.762. The first kappa shape index (κ1) is 4.09. The number of hydrogen-bond donors (Lipinski definition) is 1. The largest absolute Gasteiger partial charge is 0.654 e. The Kier molecular flexibility index (Phi) is 0.420. The molecular formula is C2HO5P. The zero-order chi connectivity index (χ0) is 5.78. The van der Waals surface area contributed by atoms with Crippen molar-refractivity contribution in [1.29, 1.82) is 0 Å². The Morgan fingerprint density at radius 2 is 2.00 bits per heavy atom. The monoisotopic (exact) mass is 136 g/mol. The Hall–Kier alpha value is -0.830. The van der Waals surface area contributed by atoms with Crippen molar-refractivity contribution in [2.45, 2.75) is 0 Å². The Labute approximate surface area is 44.1 Å². The number of aliphatic hydroxyl groups is 1. The molecule has 3 rings (SSSR count). The lowest BCUT2D eigenvalue weighted by Gasteiger charge is -2.14. The van der Waals surface area contributed by atoms with Gasteiger partial charge in [-0.25, -0.2) is 0 Å². The van der Waals surface area contributed by atoms with Gasteiger partial charge in [0.2, 0.25) is 0 Å². The van der Waals surface area contributed by atoms with E-state index >= 15 is 0 Å². The van der Waals surface area contributed by atoms with E-state index < -0.39 is 13.8 Å². The van der Waals surface area contributed by atoms with Crippen LogP contribution in [0.5, 0.6) is 0 Å². The van der Waals surface area contributed by atoms with Crippen molar-refractivity contribution >= 4 is 7.82 Å². The Morgan fingerprint density at radius 1 is 1.38 bits per heavy atom. The minimum absolute atomic E-state index is 0.173. The van der Waals surface area contributed by atoms with E-state index in [1.807, 2.05) is 0 Å². The second kappa shape index (κ2) is 0.821. The summed E-state index contributed by atoms with van der Waals surface area (Å²) in [4.78, 5) is 0. The zero-order valence-electron chi connectivity index (χ0n) is 3.53. The predicted octanol–water partition coefficient (Wildman–Crippen LogP) is 0.856. The van der Waals surface area contributed by atoms with Crippen LogP contribution in [-0.2, 0) is 18.1 Å². The second-order valence-electron chi connectivity index (χ2n) is 1.31. The van der Waals surface area contributed by atoms with Gasteiger partial charge in [-0.3, -0.25) is 0 Å². The van der Waals surface area contributed by atoms with E-state index in [0.717, 1.165) is 0 Å². The maximum Gasteiger partial charge on any atom is 0.654 e. The molecule has 2 bridgehead atoms. The number of aliphatic hydroxyl groups excluding tert-OH is 1. The average molecular weight is 136 g/mol. The molecule has 8 heavy (non-hydrogen) atoms. The molecule has 3 aliphatic rings. The van der Waals surface area contributed by atoms with Gasteiger partial charge < -0.3 is 18.7 Å². The third-order valence-corrected chi connectivity index (χ3v) is 1.94. The predicted molar refractivity (Wildman–Crippen MR) is 20.5 cm³/mol. The fourth-order valence-electron chi connectivity index (χ4n) is 0.468. The van der Waals surface area contributed by atoms with Crippen LogP contribution in [0.25, 0.3) is 0 Å². The van der Waals surface area contributed by atoms with E-state index in [4.69, 9.17) is 5.11 Å². The van der Waals surface area contributed by atoms with Crippen LogP contribution in [0.2, 0.25) is 0 Å². The molecule has 0 aromatic carbocycles. The molecule has 0 aliphatic carbocycles. The molecule has 0 saturated carbocycles. The van der Waals surface area contributed by atoms with Crippen molar-refractivity contribution in [3.05, 3.63) is 11.9 Å². The lowest BCUT2D eigenvalue weighted by Crippen LogP contribution is -1.99. The van der Waals surface area contributed by atoms with Gasteiger partial charge in [0.25, 0.3) is 0 Å². The summed E-state index contributed by atoms with van der Waals surface area (Å²) in [7, 11) is -3.28. The maximum absolute atomic E-state index is 10.4. The molecule has 0 aromatic rings. The van der Waals surface area contributed by atoms with Gasteiger partial charge in [-0.1, -0.05) is 0 Å². The van der Waals surface area contributed by atoms with Crippen molar-refractivity contribution in [2.24, 2.45) is 0 Å². The first-order chi connectivity index (χ1) is 3.70. The van der Waals surface area contributed by atoms with Crippen LogP contribution in [0.1, 0.15) is 0 Å². The average Bonchev–Trinajstić information content (AvgIpc) is 1.88. The Bertz CT molecular complexity index is 204. The van der Waals surface area contributed by atoms with Crippen molar-refractivity contribution in [3.8, 4) is 0 Å². The molecular weight excluding hydrogens is 135 g/mol. The first-order valence-corrected chi connectivity index (χ1v) is 3.28. The van der Waals surface area contributed by atoms with Crippen molar-refractivity contribution in [2.75, 3.05) is 0 Å². The SMILES string of the molecule is O=P12OC(O)=C(O1)O2. The molecule has 0 radical (unpaired) electrons. The lowest BCUT2D eigenvalue weighted by molar-refractivity contribution is 0.0985. The van der Waals surface area contributed by atoms with Crippen LogP contribution in [0, 0.1) is 0 Å². The first-order valence-electron chi connectivity index (χ1n) is 1.82. The minimum atomic E-state index is -3.28. The molecule has 0 amide bonds. The highest BCUT2D eigenvalue weighted by atomic mass is 31.2. The topological polar surface area (TPSA) is 65.0 Å². The number of phosphoric acid groups is 1. The van der Waals surface area contributed by atoms with E-state index in [0.29, 0.717) is 0 Å². The highest BCUT2D eigenvalue weighted by Gasteiger charge is 2.57. The Morgan fingerprint density at radius 3 is 2.12 bits per heavy atom. The molecule has 6 heteroatoms. The summed E-state index contributed by atoms with van der Waals surface area (Å²) in [5.41, 5.74) is 0. The second-order valence-corrected chi connectivity index (χ2v) is 2.76. The van der Waals surface area contributed by atoms with Crippen LogP contribution in [0.4, 0.5) is 0 Å². The Balaban J connectivity index is 2.46. The third kappa shape index (κ3) is 0.272. The van der Waals surface area contributed by atoms with Gasteiger partial charge in [-0.05, 0) is 0 Å². The van der Waals surface area contributed by atoms with Gasteiger partial charge in [0.05, 0.1) is 0 Å². The molecule has 1 N–H and O–H groups in total. The molecule has 44 valence electrons. The van der Waals surface area contributed by atoms with E-state index in [9.17, 15) is 4.57 Å². The van der Waals surface area contributed by atoms with E-state index in [1.165, 1.54) is 0 Å². The minimum Gasteiger partial charge on any atom is -0.475 e. The number of fused-ring (bicyclic) bond motifs is 1. The van der Waals surface area contributed by atoms with Gasteiger partial charge in [0.1, 0.15) is 0 Å². The summed E-state index contributed by atoms with van der Waals surface area (Å²) in [5.74, 6) is -0.693. The molecule has 0 atom stereocenters. The molecule has 0 spiro atoms. The normalized spacial score (nSPS) is 27.5. The van der Waals surface area contributed by atoms with Crippen molar-refractivity contribution in [3.63, 3.8) is 0 Å². The highest BCUT2D eigenvalue weighted by molar-refractivity contribution is 7.50. The lowest BCUT2D eigenvalue weighted by atomic mass is 10.9. The van der Waals surface area contributed by atoms with Crippen molar-refractivity contribution in [1.82, 2.24) is 0 Å². The van der Waals surface area contributed by atoms with Gasteiger partial charge in [-0.15, -0.1) is 0 Å². The molecule has 5 nitrogen and oxygen atoms in total. The summed E-state index contributed by atoms with van der Waals surface area (Å²) in [6.45, 7) is 0. The number of rotatable bonds is 0. The fraction of sp³-hybridized carbons (Fsp3) is 0. The van der Waals surface area contributed by atoms with E-state index in [1.54, 1.807) is 0 Å². The van der Waals surface area contributed by atoms with Crippen LogP contribution >= 0.6 is 7.82 Å². The van der Waals surface area contributed by atoms with Gasteiger partial charge >= 0.3 is 19.7 Å². The van der Waals surface area contributed by atoms with Crippen LogP contribution < -0.4 is 0 Å². The molecule has 1 fully saturated rings. The molecule has 1 saturated heterocycles. The summed E-state index contributed by atoms with van der Waals surface area (Å²) in [6.07, 6.45) is 0. The number of hydrogen-bond acceptors (Lipinski definition) is 5. The maximum atomic E-state index is 10.4. The zero-order valence-corrected chi connectivity index (χ0v) is 4.42. The van der Waals surface area contributed by atoms with Crippen molar-refractivity contribution < 1.29 is 23.2 Å². The highest BCUT2D eigenvalue weighted by Crippen LogP contribution is 2.69. The molecule has 0 unspecified atom stereocenters. The van der Waals surface area contributed by atoms with Crippen LogP contribution in [0.3, 0.4) is 0 Å². The molecule has 3 aliphatic heterocycles. The van der Waals surface area contributed by atoms with E-state index in [2.05, 4.69) is 13.6 Å². The smallest absolute Gasteiger partial charge is 0.475 e. The molecule has 0 aromatic heterocycles. The summed E-state index contributed by atoms with van der Waals surface area (Å²) >= 11 is 0. The standard InChI is InChI=1S/C2HO5P/c3-1-2-6-8(4,5-1)7-2/h3H. The summed E-state index contributed by atoms with van der Waals surface area (Å²) < 4.78 is 23.2. The van der Waals surface area contributed by atoms with Gasteiger partial charge in [0, 0.05) is 0 Å². The van der Waals surface area contributed by atoms with Gasteiger partial charge in [-0.2, -0.15) is 4.57 Å². The summed E-state index contributed by atoms with van der Waals surface area (Å²) in [5, 5.41) is 8.44. The quantitative estimate of drug-likeness (QED) is 0.500. The van der Waals surface area contributed by atoms with Crippen LogP contribution in [0.15, 0.2) is 11.9 Å². The fourth-order valence-corrected chi connectivity index (χ4v) is 1.41.